The average Bonchev–Trinajstić information content (AvgIpc) is 3.09. The second kappa shape index (κ2) is 7.82. The van der Waals surface area contributed by atoms with Crippen LogP contribution in [0.3, 0.4) is 0 Å². The van der Waals surface area contributed by atoms with Crippen LogP contribution in [0.25, 0.3) is 10.9 Å². The summed E-state index contributed by atoms with van der Waals surface area (Å²) >= 11 is 1.47. The number of fused-ring (bicyclic) bond motifs is 1. The molecule has 0 aliphatic carbocycles. The lowest BCUT2D eigenvalue weighted by atomic mass is 10.2. The summed E-state index contributed by atoms with van der Waals surface area (Å²) in [7, 11) is 0. The van der Waals surface area contributed by atoms with Crippen LogP contribution in [0.2, 0.25) is 0 Å². The molecule has 2 aromatic heterocycles. The van der Waals surface area contributed by atoms with Crippen molar-refractivity contribution >= 4 is 22.7 Å². The van der Waals surface area contributed by atoms with Gasteiger partial charge in [-0.05, 0) is 32.4 Å². The number of hydrogen-bond acceptors (Lipinski definition) is 6. The fourth-order valence-electron chi connectivity index (χ4n) is 2.59. The summed E-state index contributed by atoms with van der Waals surface area (Å²) < 4.78 is 7.08. The highest BCUT2D eigenvalue weighted by atomic mass is 32.2. The molecule has 132 valence electrons. The third-order valence-electron chi connectivity index (χ3n) is 4.01. The number of unbranched alkanes of at least 4 members (excludes halogenated alkanes) is 1. The fraction of sp³-hybridized carbons (Fsp3) is 0.444. The maximum atomic E-state index is 12.7. The smallest absolute Gasteiger partial charge is 0.262 e. The molecule has 0 aliphatic heterocycles. The fourth-order valence-corrected chi connectivity index (χ4v) is 3.60. The van der Waals surface area contributed by atoms with Crippen molar-refractivity contribution in [3.05, 3.63) is 46.3 Å². The maximum absolute atomic E-state index is 12.7. The molecular weight excluding hydrogens is 336 g/mol. The number of aryl methyl sites for hydroxylation is 1. The van der Waals surface area contributed by atoms with Crippen molar-refractivity contribution in [1.29, 1.82) is 0 Å². The minimum Gasteiger partial charge on any atom is -0.338 e. The van der Waals surface area contributed by atoms with Gasteiger partial charge in [-0.3, -0.25) is 9.36 Å². The molecule has 0 spiro atoms. The average molecular weight is 358 g/mol. The molecule has 0 amide bonds. The second-order valence-corrected chi connectivity index (χ2v) is 7.18. The Morgan fingerprint density at radius 1 is 1.24 bits per heavy atom. The standard InChI is InChI=1S/C18H22N4O2S/c1-4-6-11-15-20-16(24-21-15)12(3)25-18-19-14-10-8-7-9-13(14)17(23)22(18)5-2/h7-10,12H,4-6,11H2,1-3H3. The predicted molar refractivity (Wildman–Crippen MR) is 98.9 cm³/mol. The van der Waals surface area contributed by atoms with E-state index in [9.17, 15) is 4.79 Å². The zero-order valence-corrected chi connectivity index (χ0v) is 15.5. The molecule has 2 heterocycles. The van der Waals surface area contributed by atoms with E-state index in [-0.39, 0.29) is 10.8 Å². The molecule has 1 aromatic carbocycles. The topological polar surface area (TPSA) is 73.8 Å². The number of hydrogen-bond donors (Lipinski definition) is 0. The molecule has 0 N–H and O–H groups in total. The maximum Gasteiger partial charge on any atom is 0.262 e. The van der Waals surface area contributed by atoms with Gasteiger partial charge in [0.15, 0.2) is 11.0 Å². The van der Waals surface area contributed by atoms with E-state index in [2.05, 4.69) is 22.0 Å². The highest BCUT2D eigenvalue weighted by molar-refractivity contribution is 7.99. The summed E-state index contributed by atoms with van der Waals surface area (Å²) in [5.74, 6) is 1.31. The SMILES string of the molecule is CCCCc1noc(C(C)Sc2nc3ccccc3c(=O)n2CC)n1. The summed E-state index contributed by atoms with van der Waals surface area (Å²) in [6.07, 6.45) is 2.96. The van der Waals surface area contributed by atoms with E-state index in [4.69, 9.17) is 4.52 Å². The lowest BCUT2D eigenvalue weighted by Crippen LogP contribution is -2.22. The summed E-state index contributed by atoms with van der Waals surface area (Å²) in [4.78, 5) is 21.8. The molecule has 0 radical (unpaired) electrons. The van der Waals surface area contributed by atoms with Gasteiger partial charge in [0.1, 0.15) is 0 Å². The predicted octanol–water partition coefficient (Wildman–Crippen LogP) is 4.00. The molecule has 1 unspecified atom stereocenters. The van der Waals surface area contributed by atoms with E-state index in [1.54, 1.807) is 4.57 Å². The van der Waals surface area contributed by atoms with Crippen LogP contribution in [-0.2, 0) is 13.0 Å². The molecule has 6 nitrogen and oxygen atoms in total. The summed E-state index contributed by atoms with van der Waals surface area (Å²) in [6, 6.07) is 7.42. The Morgan fingerprint density at radius 2 is 2.04 bits per heavy atom. The Balaban J connectivity index is 1.89. The van der Waals surface area contributed by atoms with Crippen molar-refractivity contribution in [2.45, 2.75) is 57.0 Å². The van der Waals surface area contributed by atoms with Crippen LogP contribution < -0.4 is 5.56 Å². The first-order valence-corrected chi connectivity index (χ1v) is 9.50. The van der Waals surface area contributed by atoms with Crippen LogP contribution >= 0.6 is 11.8 Å². The van der Waals surface area contributed by atoms with Gasteiger partial charge in [0.25, 0.3) is 5.56 Å². The normalized spacial score (nSPS) is 12.6. The largest absolute Gasteiger partial charge is 0.338 e. The first-order valence-electron chi connectivity index (χ1n) is 8.62. The molecule has 0 aliphatic rings. The van der Waals surface area contributed by atoms with Crippen molar-refractivity contribution < 1.29 is 4.52 Å². The van der Waals surface area contributed by atoms with Crippen LogP contribution in [-0.4, -0.2) is 19.7 Å². The molecule has 0 bridgehead atoms. The highest BCUT2D eigenvalue weighted by Gasteiger charge is 2.19. The molecule has 25 heavy (non-hydrogen) atoms. The second-order valence-electron chi connectivity index (χ2n) is 5.87. The van der Waals surface area contributed by atoms with E-state index in [0.717, 1.165) is 25.1 Å². The summed E-state index contributed by atoms with van der Waals surface area (Å²) in [5, 5.41) is 5.28. The number of nitrogens with zero attached hydrogens (tertiary/aromatic N) is 4. The molecule has 3 aromatic rings. The zero-order valence-electron chi connectivity index (χ0n) is 14.7. The van der Waals surface area contributed by atoms with Gasteiger partial charge in [-0.2, -0.15) is 4.98 Å². The van der Waals surface area contributed by atoms with E-state index in [1.807, 2.05) is 38.1 Å². The van der Waals surface area contributed by atoms with E-state index < -0.39 is 0 Å². The molecule has 1 atom stereocenters. The molecule has 3 rings (SSSR count). The van der Waals surface area contributed by atoms with Gasteiger partial charge >= 0.3 is 0 Å². The highest BCUT2D eigenvalue weighted by Crippen LogP contribution is 2.33. The lowest BCUT2D eigenvalue weighted by Gasteiger charge is -2.13. The molecular formula is C18H22N4O2S. The Labute approximate surface area is 150 Å². The first-order chi connectivity index (χ1) is 12.1. The third-order valence-corrected chi connectivity index (χ3v) is 5.09. The van der Waals surface area contributed by atoms with E-state index in [0.29, 0.717) is 28.5 Å². The molecule has 7 heteroatoms. The van der Waals surface area contributed by atoms with Gasteiger partial charge in [-0.25, -0.2) is 4.98 Å². The first kappa shape index (κ1) is 17.7. The van der Waals surface area contributed by atoms with Gasteiger partial charge < -0.3 is 4.52 Å². The number of rotatable bonds is 7. The van der Waals surface area contributed by atoms with Crippen molar-refractivity contribution in [2.75, 3.05) is 0 Å². The van der Waals surface area contributed by atoms with Crippen molar-refractivity contribution in [3.8, 4) is 0 Å². The van der Waals surface area contributed by atoms with Crippen molar-refractivity contribution in [2.24, 2.45) is 0 Å². The zero-order chi connectivity index (χ0) is 17.8. The van der Waals surface area contributed by atoms with Gasteiger partial charge in [0.2, 0.25) is 5.89 Å². The number of benzene rings is 1. The number of aromatic nitrogens is 4. The van der Waals surface area contributed by atoms with Gasteiger partial charge in [-0.1, -0.05) is 42.4 Å². The third kappa shape index (κ3) is 3.76. The summed E-state index contributed by atoms with van der Waals surface area (Å²) in [6.45, 7) is 6.64. The van der Waals surface area contributed by atoms with Gasteiger partial charge in [0, 0.05) is 13.0 Å². The van der Waals surface area contributed by atoms with Crippen LogP contribution in [0.5, 0.6) is 0 Å². The molecule has 0 saturated heterocycles. The van der Waals surface area contributed by atoms with Crippen molar-refractivity contribution in [1.82, 2.24) is 19.7 Å². The Morgan fingerprint density at radius 3 is 2.80 bits per heavy atom. The minimum absolute atomic E-state index is 0.0167. The van der Waals surface area contributed by atoms with Crippen LogP contribution in [0.15, 0.2) is 38.7 Å². The summed E-state index contributed by atoms with van der Waals surface area (Å²) in [5.41, 5.74) is 0.693. The van der Waals surface area contributed by atoms with E-state index >= 15 is 0 Å². The molecule has 0 fully saturated rings. The van der Waals surface area contributed by atoms with Crippen LogP contribution in [0.1, 0.15) is 50.6 Å². The van der Waals surface area contributed by atoms with Crippen LogP contribution in [0.4, 0.5) is 0 Å². The van der Waals surface area contributed by atoms with Gasteiger partial charge in [-0.15, -0.1) is 0 Å². The van der Waals surface area contributed by atoms with Gasteiger partial charge in [0.05, 0.1) is 16.2 Å². The monoisotopic (exact) mass is 358 g/mol. The number of para-hydroxylation sites is 1. The Bertz CT molecular complexity index is 919. The van der Waals surface area contributed by atoms with E-state index in [1.165, 1.54) is 11.8 Å². The lowest BCUT2D eigenvalue weighted by molar-refractivity contribution is 0.374. The molecule has 0 saturated carbocycles. The Hall–Kier alpha value is -2.15. The van der Waals surface area contributed by atoms with Crippen LogP contribution in [0, 0.1) is 0 Å². The minimum atomic E-state index is -0.0752. The van der Waals surface area contributed by atoms with Crippen molar-refractivity contribution in [3.63, 3.8) is 0 Å². The number of thioether (sulfide) groups is 1. The quantitative estimate of drug-likeness (QED) is 0.469. The Kier molecular flexibility index (Phi) is 5.53.